The summed E-state index contributed by atoms with van der Waals surface area (Å²) in [6.45, 7) is 3.38. The Labute approximate surface area is 111 Å². The highest BCUT2D eigenvalue weighted by molar-refractivity contribution is 7.80. The Bertz CT molecular complexity index is 440. The third kappa shape index (κ3) is 3.36. The summed E-state index contributed by atoms with van der Waals surface area (Å²) in [5.41, 5.74) is 5.38. The topological polar surface area (TPSA) is 38.5 Å². The van der Waals surface area contributed by atoms with Gasteiger partial charge in [-0.1, -0.05) is 12.2 Å². The van der Waals surface area contributed by atoms with Crippen LogP contribution in [0.3, 0.4) is 0 Å². The predicted octanol–water partition coefficient (Wildman–Crippen LogP) is 2.07. The lowest BCUT2D eigenvalue weighted by molar-refractivity contribution is 0.154. The second-order valence-electron chi connectivity index (χ2n) is 3.74. The van der Waals surface area contributed by atoms with E-state index in [0.717, 1.165) is 0 Å². The molecule has 3 nitrogen and oxygen atoms in total. The van der Waals surface area contributed by atoms with Crippen LogP contribution in [0, 0.1) is 11.6 Å². The van der Waals surface area contributed by atoms with Gasteiger partial charge < -0.3 is 15.4 Å². The van der Waals surface area contributed by atoms with Crippen LogP contribution in [0.15, 0.2) is 12.1 Å². The van der Waals surface area contributed by atoms with Gasteiger partial charge in [0.2, 0.25) is 0 Å². The second kappa shape index (κ2) is 6.61. The molecule has 0 fully saturated rings. The fraction of sp³-hybridized carbons (Fsp3) is 0.417. The Balaban J connectivity index is 2.90. The average molecular weight is 274 g/mol. The van der Waals surface area contributed by atoms with Crippen molar-refractivity contribution < 1.29 is 13.5 Å². The zero-order valence-corrected chi connectivity index (χ0v) is 11.2. The molecule has 0 saturated heterocycles. The summed E-state index contributed by atoms with van der Waals surface area (Å²) >= 11 is 4.64. The maximum Gasteiger partial charge on any atom is 0.182 e. The first kappa shape index (κ1) is 14.8. The Hall–Kier alpha value is -1.27. The highest BCUT2D eigenvalue weighted by Crippen LogP contribution is 2.23. The minimum Gasteiger partial charge on any atom is -0.389 e. The minimum atomic E-state index is -1.01. The fourth-order valence-corrected chi connectivity index (χ4v) is 1.65. The van der Waals surface area contributed by atoms with Gasteiger partial charge >= 0.3 is 0 Å². The van der Waals surface area contributed by atoms with Gasteiger partial charge in [-0.25, -0.2) is 8.78 Å². The Morgan fingerprint density at radius 2 is 2.06 bits per heavy atom. The number of ether oxygens (including phenoxy) is 1. The normalized spacial score (nSPS) is 10.4. The number of nitrogens with two attached hydrogens (primary N) is 1. The predicted molar refractivity (Wildman–Crippen MR) is 72.0 cm³/mol. The SMILES string of the molecule is CCOCCN(C)c1ccc(C(N)=S)c(F)c1F. The van der Waals surface area contributed by atoms with Crippen LogP contribution in [0.2, 0.25) is 0 Å². The molecule has 0 bridgehead atoms. The van der Waals surface area contributed by atoms with Gasteiger partial charge in [-0.3, -0.25) is 0 Å². The molecule has 0 aliphatic rings. The monoisotopic (exact) mass is 274 g/mol. The van der Waals surface area contributed by atoms with Crippen LogP contribution < -0.4 is 10.6 Å². The molecule has 0 heterocycles. The lowest BCUT2D eigenvalue weighted by Crippen LogP contribution is -2.24. The van der Waals surface area contributed by atoms with E-state index in [4.69, 9.17) is 10.5 Å². The van der Waals surface area contributed by atoms with Gasteiger partial charge in [-0.2, -0.15) is 0 Å². The number of halogens is 2. The van der Waals surface area contributed by atoms with E-state index in [-0.39, 0.29) is 16.2 Å². The molecular weight excluding hydrogens is 258 g/mol. The molecule has 0 unspecified atom stereocenters. The van der Waals surface area contributed by atoms with E-state index < -0.39 is 11.6 Å². The lowest BCUT2D eigenvalue weighted by Gasteiger charge is -2.20. The zero-order chi connectivity index (χ0) is 13.7. The molecule has 0 amide bonds. The number of likely N-dealkylation sites (N-methyl/N-ethyl adjacent to an activating group) is 1. The quantitative estimate of drug-likeness (QED) is 0.636. The molecule has 1 rings (SSSR count). The van der Waals surface area contributed by atoms with Crippen molar-refractivity contribution >= 4 is 22.9 Å². The first-order valence-electron chi connectivity index (χ1n) is 5.55. The van der Waals surface area contributed by atoms with Crippen LogP contribution in [-0.2, 0) is 4.74 Å². The highest BCUT2D eigenvalue weighted by atomic mass is 32.1. The molecule has 1 aromatic carbocycles. The van der Waals surface area contributed by atoms with Crippen LogP contribution in [0.25, 0.3) is 0 Å². The van der Waals surface area contributed by atoms with Crippen LogP contribution in [0.1, 0.15) is 12.5 Å². The summed E-state index contributed by atoms with van der Waals surface area (Å²) in [6, 6.07) is 2.84. The first-order chi connectivity index (χ1) is 8.49. The number of hydrogen-bond donors (Lipinski definition) is 1. The van der Waals surface area contributed by atoms with Crippen molar-refractivity contribution in [1.82, 2.24) is 0 Å². The molecule has 18 heavy (non-hydrogen) atoms. The van der Waals surface area contributed by atoms with Gasteiger partial charge in [-0.15, -0.1) is 0 Å². The molecule has 0 saturated carbocycles. The summed E-state index contributed by atoms with van der Waals surface area (Å²) in [6.07, 6.45) is 0. The maximum absolute atomic E-state index is 13.8. The molecule has 0 spiro atoms. The van der Waals surface area contributed by atoms with Gasteiger partial charge in [0.15, 0.2) is 11.6 Å². The van der Waals surface area contributed by atoms with Crippen molar-refractivity contribution in [2.24, 2.45) is 5.73 Å². The smallest absolute Gasteiger partial charge is 0.182 e. The van der Waals surface area contributed by atoms with Gasteiger partial charge in [0.05, 0.1) is 12.3 Å². The van der Waals surface area contributed by atoms with E-state index in [0.29, 0.717) is 19.8 Å². The van der Waals surface area contributed by atoms with Crippen LogP contribution >= 0.6 is 12.2 Å². The average Bonchev–Trinajstić information content (AvgIpc) is 2.32. The van der Waals surface area contributed by atoms with E-state index in [2.05, 4.69) is 12.2 Å². The summed E-state index contributed by atoms with van der Waals surface area (Å²) in [5.74, 6) is -1.96. The molecule has 2 N–H and O–H groups in total. The Morgan fingerprint density at radius 1 is 1.39 bits per heavy atom. The van der Waals surface area contributed by atoms with Gasteiger partial charge in [0.1, 0.15) is 4.99 Å². The van der Waals surface area contributed by atoms with Gasteiger partial charge in [0, 0.05) is 25.8 Å². The fourth-order valence-electron chi connectivity index (χ4n) is 1.49. The van der Waals surface area contributed by atoms with Crippen molar-refractivity contribution in [1.29, 1.82) is 0 Å². The van der Waals surface area contributed by atoms with Crippen molar-refractivity contribution in [3.8, 4) is 0 Å². The van der Waals surface area contributed by atoms with Crippen molar-refractivity contribution in [3.05, 3.63) is 29.3 Å². The van der Waals surface area contributed by atoms with Crippen molar-refractivity contribution in [3.63, 3.8) is 0 Å². The van der Waals surface area contributed by atoms with Crippen molar-refractivity contribution in [2.45, 2.75) is 6.92 Å². The van der Waals surface area contributed by atoms with Crippen LogP contribution in [0.4, 0.5) is 14.5 Å². The summed E-state index contributed by atoms with van der Waals surface area (Å²) in [5, 5.41) is 0. The molecule has 0 aromatic heterocycles. The molecular formula is C12H16F2N2OS. The van der Waals surface area contributed by atoms with E-state index >= 15 is 0 Å². The zero-order valence-electron chi connectivity index (χ0n) is 10.4. The van der Waals surface area contributed by atoms with E-state index in [1.807, 2.05) is 6.92 Å². The number of benzene rings is 1. The summed E-state index contributed by atoms with van der Waals surface area (Å²) < 4.78 is 32.6. The van der Waals surface area contributed by atoms with Crippen LogP contribution in [-0.4, -0.2) is 31.8 Å². The molecule has 0 radical (unpaired) electrons. The van der Waals surface area contributed by atoms with E-state index in [1.54, 1.807) is 11.9 Å². The molecule has 100 valence electrons. The molecule has 1 aromatic rings. The lowest BCUT2D eigenvalue weighted by atomic mass is 10.1. The summed E-state index contributed by atoms with van der Waals surface area (Å²) in [4.78, 5) is 1.42. The largest absolute Gasteiger partial charge is 0.389 e. The number of hydrogen-bond acceptors (Lipinski definition) is 3. The Kier molecular flexibility index (Phi) is 5.43. The molecule has 6 heteroatoms. The first-order valence-corrected chi connectivity index (χ1v) is 5.96. The third-order valence-corrected chi connectivity index (χ3v) is 2.73. The third-order valence-electron chi connectivity index (χ3n) is 2.51. The van der Waals surface area contributed by atoms with Gasteiger partial charge in [-0.05, 0) is 19.1 Å². The summed E-state index contributed by atoms with van der Waals surface area (Å²) in [7, 11) is 1.66. The maximum atomic E-state index is 13.8. The van der Waals surface area contributed by atoms with Crippen LogP contribution in [0.5, 0.6) is 0 Å². The molecule has 0 aliphatic carbocycles. The van der Waals surface area contributed by atoms with Gasteiger partial charge in [0.25, 0.3) is 0 Å². The number of thiocarbonyl (C=S) groups is 1. The van der Waals surface area contributed by atoms with E-state index in [1.165, 1.54) is 12.1 Å². The Morgan fingerprint density at radius 3 is 2.61 bits per heavy atom. The number of anilines is 1. The highest BCUT2D eigenvalue weighted by Gasteiger charge is 2.17. The standard InChI is InChI=1S/C12H16F2N2OS/c1-3-17-7-6-16(2)9-5-4-8(12(15)18)10(13)11(9)14/h4-5H,3,6-7H2,1-2H3,(H2,15,18). The minimum absolute atomic E-state index is 0.0792. The van der Waals surface area contributed by atoms with Crippen molar-refractivity contribution in [2.75, 3.05) is 31.7 Å². The second-order valence-corrected chi connectivity index (χ2v) is 4.18. The molecule has 0 atom stereocenters. The molecule has 0 aliphatic heterocycles. The van der Waals surface area contributed by atoms with E-state index in [9.17, 15) is 8.78 Å². The number of rotatable bonds is 6. The number of nitrogens with zero attached hydrogens (tertiary/aromatic N) is 1.